The third kappa shape index (κ3) is 4.62. The van der Waals surface area contributed by atoms with Crippen LogP contribution in [0.15, 0.2) is 152 Å². The number of rotatable bonds is 1. The molecule has 0 saturated heterocycles. The van der Waals surface area contributed by atoms with Crippen LogP contribution < -0.4 is 0 Å². The van der Waals surface area contributed by atoms with Gasteiger partial charge in [0.05, 0.1) is 60.9 Å². The largest absolute Gasteiger partial charge is 0.292 e. The molecule has 0 aliphatic rings. The Kier molecular flexibility index (Phi) is 7.27. The van der Waals surface area contributed by atoms with Crippen molar-refractivity contribution in [1.29, 1.82) is 26.3 Å². The molecule has 14 rings (SSSR count). The van der Waals surface area contributed by atoms with E-state index in [0.29, 0.717) is 27.7 Å². The van der Waals surface area contributed by atoms with Crippen LogP contribution in [-0.4, -0.2) is 18.8 Å². The van der Waals surface area contributed by atoms with E-state index in [0.717, 1.165) is 114 Å². The van der Waals surface area contributed by atoms with E-state index >= 15 is 0 Å². The molecule has 0 saturated carbocycles. The summed E-state index contributed by atoms with van der Waals surface area (Å²) in [6.45, 7) is 0. The number of aromatic nitrogens is 4. The Labute approximate surface area is 384 Å². The maximum atomic E-state index is 10.8. The maximum absolute atomic E-state index is 10.8. The Morgan fingerprint density at radius 1 is 0.309 bits per heavy atom. The molecule has 0 atom stereocenters. The Morgan fingerprint density at radius 2 is 0.809 bits per heavy atom. The maximum Gasteiger partial charge on any atom is 0.147 e. The van der Waals surface area contributed by atoms with E-state index < -0.39 is 0 Å². The third-order valence-electron chi connectivity index (χ3n) is 14.0. The average Bonchev–Trinajstić information content (AvgIpc) is 3.98. The molecule has 0 fully saturated rings. The number of para-hydroxylation sites is 2. The van der Waals surface area contributed by atoms with Gasteiger partial charge in [0.25, 0.3) is 0 Å². The molecule has 4 heterocycles. The minimum Gasteiger partial charge on any atom is -0.292 e. The number of fused-ring (bicyclic) bond motifs is 26. The zero-order valence-corrected chi connectivity index (χ0v) is 35.5. The second-order valence-corrected chi connectivity index (χ2v) is 17.2. The highest BCUT2D eigenvalue weighted by atomic mass is 15.0. The van der Waals surface area contributed by atoms with Crippen molar-refractivity contribution in [2.45, 2.75) is 0 Å². The van der Waals surface area contributed by atoms with Gasteiger partial charge in [-0.3, -0.25) is 8.80 Å². The van der Waals surface area contributed by atoms with Crippen LogP contribution in [0.4, 0.5) is 0 Å². The smallest absolute Gasteiger partial charge is 0.147 e. The molecular weight excluding hydrogens is 835 g/mol. The molecule has 10 aromatic carbocycles. The molecule has 0 unspecified atom stereocenters. The second-order valence-electron chi connectivity index (χ2n) is 17.2. The van der Waals surface area contributed by atoms with Crippen LogP contribution in [0.3, 0.4) is 0 Å². The molecule has 9 nitrogen and oxygen atoms in total. The average molecular weight is 860 g/mol. The van der Waals surface area contributed by atoms with Crippen molar-refractivity contribution in [2.24, 2.45) is 0 Å². The zero-order chi connectivity index (χ0) is 45.5. The second kappa shape index (κ2) is 13.3. The fourth-order valence-corrected chi connectivity index (χ4v) is 11.2. The molecule has 0 spiro atoms. The number of pyridine rings is 2. The predicted molar refractivity (Wildman–Crippen MR) is 268 cm³/mol. The lowest BCUT2D eigenvalue weighted by molar-refractivity contribution is 1.30. The van der Waals surface area contributed by atoms with Crippen LogP contribution >= 0.6 is 0 Å². The first-order valence-electron chi connectivity index (χ1n) is 21.9. The molecule has 0 aliphatic heterocycles. The number of nitriles is 5. The summed E-state index contributed by atoms with van der Waals surface area (Å²) >= 11 is 0. The van der Waals surface area contributed by atoms with Crippen molar-refractivity contribution in [3.63, 3.8) is 0 Å². The van der Waals surface area contributed by atoms with Crippen LogP contribution in [0.2, 0.25) is 0 Å². The fraction of sp³-hybridized carbons (Fsp3) is 0. The van der Waals surface area contributed by atoms with Crippen molar-refractivity contribution in [3.8, 4) is 41.5 Å². The highest BCUT2D eigenvalue weighted by Gasteiger charge is 2.25. The Bertz CT molecular complexity index is 4980. The molecule has 0 radical (unpaired) electrons. The molecule has 0 bridgehead atoms. The lowest BCUT2D eigenvalue weighted by Crippen LogP contribution is -2.00. The van der Waals surface area contributed by atoms with Gasteiger partial charge in [-0.05, 0) is 103 Å². The van der Waals surface area contributed by atoms with Crippen molar-refractivity contribution in [3.05, 3.63) is 179 Å². The molecular formula is C59H25N9. The zero-order valence-electron chi connectivity index (χ0n) is 35.5. The van der Waals surface area contributed by atoms with Crippen LogP contribution in [0.1, 0.15) is 27.8 Å². The van der Waals surface area contributed by atoms with Gasteiger partial charge in [0.1, 0.15) is 41.6 Å². The summed E-state index contributed by atoms with van der Waals surface area (Å²) in [7, 11) is 0. The van der Waals surface area contributed by atoms with Gasteiger partial charge in [-0.1, -0.05) is 103 Å². The van der Waals surface area contributed by atoms with Gasteiger partial charge in [-0.25, -0.2) is 9.97 Å². The molecule has 0 amide bonds. The van der Waals surface area contributed by atoms with Crippen molar-refractivity contribution in [2.75, 3.05) is 0 Å². The Balaban J connectivity index is 1.10. The van der Waals surface area contributed by atoms with Gasteiger partial charge in [0, 0.05) is 32.3 Å². The fourth-order valence-electron chi connectivity index (χ4n) is 11.2. The van der Waals surface area contributed by atoms with Crippen molar-refractivity contribution >= 4 is 120 Å². The summed E-state index contributed by atoms with van der Waals surface area (Å²) in [6.07, 6.45) is 0. The minimum atomic E-state index is 0.0525. The molecule has 9 heteroatoms. The highest BCUT2D eigenvalue weighted by Crippen LogP contribution is 2.46. The normalized spacial score (nSPS) is 11.8. The lowest BCUT2D eigenvalue weighted by Gasteiger charge is -2.17. The summed E-state index contributed by atoms with van der Waals surface area (Å²) in [5, 5.41) is 65.1. The summed E-state index contributed by atoms with van der Waals surface area (Å²) in [6, 6.07) is 62.0. The first-order chi connectivity index (χ1) is 33.5. The van der Waals surface area contributed by atoms with Gasteiger partial charge in [-0.2, -0.15) is 26.3 Å². The molecule has 4 aromatic heterocycles. The third-order valence-corrected chi connectivity index (χ3v) is 14.0. The number of hydrogen-bond acceptors (Lipinski definition) is 7. The van der Waals surface area contributed by atoms with Gasteiger partial charge in [0.2, 0.25) is 0 Å². The standard InChI is InChI=1S/C59H25N9/c60-26-33-22-44-51(24-34(33)27-61)67-49-16-8-7-15-47(49)65-58(67)56-41-14-6-3-11-38(41)43-21-31(17-19-42(43)53(44)56)32-18-20-50-48(23-32)66-59-57-40-13-5-2-10-37(40)36-9-1-4-12-39(36)55(57)54-46(30-64)45(29-63)35(28-62)25-52(54)68(50)59/h1-25H. The van der Waals surface area contributed by atoms with Gasteiger partial charge >= 0.3 is 0 Å². The van der Waals surface area contributed by atoms with E-state index in [9.17, 15) is 26.3 Å². The van der Waals surface area contributed by atoms with E-state index in [4.69, 9.17) is 9.97 Å². The summed E-state index contributed by atoms with van der Waals surface area (Å²) in [5.41, 5.74) is 8.96. The van der Waals surface area contributed by atoms with Crippen LogP contribution in [-0.2, 0) is 0 Å². The minimum absolute atomic E-state index is 0.0525. The first kappa shape index (κ1) is 37.0. The molecule has 0 N–H and O–H groups in total. The van der Waals surface area contributed by atoms with Crippen LogP contribution in [0.25, 0.3) is 131 Å². The van der Waals surface area contributed by atoms with Crippen LogP contribution in [0.5, 0.6) is 0 Å². The summed E-state index contributed by atoms with van der Waals surface area (Å²) in [5.74, 6) is 0. The topological polar surface area (TPSA) is 154 Å². The van der Waals surface area contributed by atoms with Crippen molar-refractivity contribution in [1.82, 2.24) is 18.8 Å². The Hall–Kier alpha value is -10.4. The molecule has 68 heavy (non-hydrogen) atoms. The quantitative estimate of drug-likeness (QED) is 0.149. The van der Waals surface area contributed by atoms with E-state index in [2.05, 4.69) is 95.4 Å². The first-order valence-corrected chi connectivity index (χ1v) is 21.9. The van der Waals surface area contributed by atoms with E-state index in [1.54, 1.807) is 6.07 Å². The number of imidazole rings is 2. The molecule has 14 aromatic rings. The van der Waals surface area contributed by atoms with E-state index in [1.807, 2.05) is 89.3 Å². The number of benzene rings is 10. The highest BCUT2D eigenvalue weighted by molar-refractivity contribution is 6.37. The van der Waals surface area contributed by atoms with E-state index in [-0.39, 0.29) is 16.7 Å². The van der Waals surface area contributed by atoms with E-state index in [1.165, 1.54) is 0 Å². The number of nitrogens with zero attached hydrogens (tertiary/aromatic N) is 9. The lowest BCUT2D eigenvalue weighted by atomic mass is 9.89. The summed E-state index contributed by atoms with van der Waals surface area (Å²) < 4.78 is 4.16. The molecule has 0 aliphatic carbocycles. The number of hydrogen-bond donors (Lipinski definition) is 0. The predicted octanol–water partition coefficient (Wildman–Crippen LogP) is 13.5. The van der Waals surface area contributed by atoms with Crippen molar-refractivity contribution < 1.29 is 0 Å². The van der Waals surface area contributed by atoms with Crippen LogP contribution in [0, 0.1) is 56.7 Å². The SMILES string of the molecule is N#Cc1cc2c3c4ccc(-c5ccc6c(c5)nc5c7c8ccccc8c8ccccc8c7c7c(C#N)c(C#N)c(C#N)cc7n65)cc4c4ccccc4c3c3nc4ccccc4n3c2cc1C#N. The monoisotopic (exact) mass is 859 g/mol. The Morgan fingerprint density at radius 3 is 1.49 bits per heavy atom. The van der Waals surface area contributed by atoms with Gasteiger partial charge in [-0.15, -0.1) is 0 Å². The van der Waals surface area contributed by atoms with Gasteiger partial charge in [0.15, 0.2) is 0 Å². The summed E-state index contributed by atoms with van der Waals surface area (Å²) in [4.78, 5) is 10.6. The van der Waals surface area contributed by atoms with Gasteiger partial charge < -0.3 is 0 Å². The molecule has 306 valence electrons.